The molecule has 1 aromatic rings. The van der Waals surface area contributed by atoms with Gasteiger partial charge in [0.15, 0.2) is 5.82 Å². The first-order valence-electron chi connectivity index (χ1n) is 6.75. The van der Waals surface area contributed by atoms with Gasteiger partial charge in [-0.25, -0.2) is 4.79 Å². The molecule has 0 aromatic carbocycles. The van der Waals surface area contributed by atoms with Crippen molar-refractivity contribution < 1.29 is 4.52 Å². The van der Waals surface area contributed by atoms with Crippen molar-refractivity contribution in [3.63, 3.8) is 0 Å². The van der Waals surface area contributed by atoms with E-state index in [4.69, 9.17) is 0 Å². The van der Waals surface area contributed by atoms with E-state index < -0.39 is 5.76 Å². The molecule has 0 aliphatic heterocycles. The van der Waals surface area contributed by atoms with Gasteiger partial charge in [0.25, 0.3) is 0 Å². The summed E-state index contributed by atoms with van der Waals surface area (Å²) in [7, 11) is 0. The standard InChI is InChI=1S/C14H21N3O2/c1-5-7-8-11(4)17(6-2)14(9-10(14)3)12-15-13(18)19-16-12/h7-8,10H,4-6,9H2,1-3H3,(H,15,16,18)/b8-7-/t10-,14-/m0/s1. The summed E-state index contributed by atoms with van der Waals surface area (Å²) in [6.07, 6.45) is 6.02. The number of H-pyrrole nitrogens is 1. The molecular weight excluding hydrogens is 242 g/mol. The molecule has 0 saturated heterocycles. The number of aromatic amines is 1. The van der Waals surface area contributed by atoms with Gasteiger partial charge in [0, 0.05) is 12.2 Å². The molecule has 1 aliphatic carbocycles. The minimum Gasteiger partial charge on any atom is -0.359 e. The third-order valence-corrected chi connectivity index (χ3v) is 3.81. The fourth-order valence-corrected chi connectivity index (χ4v) is 2.74. The molecule has 1 fully saturated rings. The Hall–Kier alpha value is -1.78. The summed E-state index contributed by atoms with van der Waals surface area (Å²) in [6, 6.07) is 0. The third-order valence-electron chi connectivity index (χ3n) is 3.81. The van der Waals surface area contributed by atoms with Crippen LogP contribution >= 0.6 is 0 Å². The maximum atomic E-state index is 11.2. The van der Waals surface area contributed by atoms with Crippen LogP contribution in [0.1, 0.15) is 39.4 Å². The maximum absolute atomic E-state index is 11.2. The highest BCUT2D eigenvalue weighted by Gasteiger charge is 2.59. The Balaban J connectivity index is 2.32. The lowest BCUT2D eigenvalue weighted by molar-refractivity contribution is 0.218. The molecule has 0 bridgehead atoms. The largest absolute Gasteiger partial charge is 0.438 e. The minimum atomic E-state index is -0.501. The van der Waals surface area contributed by atoms with Crippen molar-refractivity contribution in [2.75, 3.05) is 6.54 Å². The Morgan fingerprint density at radius 3 is 2.79 bits per heavy atom. The normalized spacial score (nSPS) is 25.7. The summed E-state index contributed by atoms with van der Waals surface area (Å²) in [5, 5.41) is 3.88. The molecule has 0 amide bonds. The van der Waals surface area contributed by atoms with Crippen LogP contribution in [0, 0.1) is 5.92 Å². The van der Waals surface area contributed by atoms with Crippen LogP contribution in [0.4, 0.5) is 0 Å². The Kier molecular flexibility index (Phi) is 3.64. The molecule has 2 atom stereocenters. The van der Waals surface area contributed by atoms with Crippen LogP contribution in [0.5, 0.6) is 0 Å². The van der Waals surface area contributed by atoms with E-state index in [1.165, 1.54) is 0 Å². The van der Waals surface area contributed by atoms with E-state index in [9.17, 15) is 4.79 Å². The van der Waals surface area contributed by atoms with Crippen molar-refractivity contribution in [2.45, 2.75) is 39.2 Å². The maximum Gasteiger partial charge on any atom is 0.438 e. The molecule has 0 unspecified atom stereocenters. The van der Waals surface area contributed by atoms with E-state index >= 15 is 0 Å². The number of nitrogens with one attached hydrogen (secondary N) is 1. The molecule has 5 heteroatoms. The highest BCUT2D eigenvalue weighted by molar-refractivity contribution is 5.27. The van der Waals surface area contributed by atoms with E-state index in [0.717, 1.165) is 25.1 Å². The molecule has 19 heavy (non-hydrogen) atoms. The number of hydrogen-bond acceptors (Lipinski definition) is 4. The van der Waals surface area contributed by atoms with E-state index in [2.05, 4.69) is 53.0 Å². The van der Waals surface area contributed by atoms with Gasteiger partial charge in [-0.1, -0.05) is 31.7 Å². The molecule has 0 radical (unpaired) electrons. The van der Waals surface area contributed by atoms with Crippen molar-refractivity contribution >= 4 is 0 Å². The lowest BCUT2D eigenvalue weighted by Crippen LogP contribution is -2.36. The van der Waals surface area contributed by atoms with Crippen molar-refractivity contribution in [1.82, 2.24) is 15.0 Å². The summed E-state index contributed by atoms with van der Waals surface area (Å²) in [5.74, 6) is 0.525. The number of allylic oxidation sites excluding steroid dienone is 2. The zero-order valence-electron chi connectivity index (χ0n) is 11.8. The van der Waals surface area contributed by atoms with Crippen LogP contribution in [0.3, 0.4) is 0 Å². The van der Waals surface area contributed by atoms with Gasteiger partial charge in [-0.3, -0.25) is 9.51 Å². The summed E-state index contributed by atoms with van der Waals surface area (Å²) < 4.78 is 4.66. The number of aromatic nitrogens is 2. The highest BCUT2D eigenvalue weighted by atomic mass is 16.5. The number of rotatable bonds is 6. The molecule has 1 heterocycles. The Labute approximate surface area is 113 Å². The Morgan fingerprint density at radius 1 is 1.68 bits per heavy atom. The second-order valence-corrected chi connectivity index (χ2v) is 5.02. The second kappa shape index (κ2) is 5.07. The smallest absolute Gasteiger partial charge is 0.359 e. The zero-order chi connectivity index (χ0) is 14.0. The summed E-state index contributed by atoms with van der Waals surface area (Å²) in [4.78, 5) is 16.1. The van der Waals surface area contributed by atoms with Gasteiger partial charge < -0.3 is 4.90 Å². The first-order valence-corrected chi connectivity index (χ1v) is 6.75. The molecular formula is C14H21N3O2. The average Bonchev–Trinajstić information content (AvgIpc) is 2.84. The van der Waals surface area contributed by atoms with Crippen LogP contribution in [-0.4, -0.2) is 21.6 Å². The van der Waals surface area contributed by atoms with Crippen molar-refractivity contribution in [2.24, 2.45) is 5.92 Å². The lowest BCUT2D eigenvalue weighted by atomic mass is 10.1. The van der Waals surface area contributed by atoms with E-state index in [1.807, 2.05) is 6.08 Å². The van der Waals surface area contributed by atoms with Gasteiger partial charge in [0.05, 0.1) is 0 Å². The van der Waals surface area contributed by atoms with Crippen LogP contribution < -0.4 is 5.76 Å². The molecule has 2 rings (SSSR count). The molecule has 104 valence electrons. The first-order chi connectivity index (χ1) is 9.06. The summed E-state index contributed by atoms with van der Waals surface area (Å²) in [5.41, 5.74) is 0.674. The zero-order valence-corrected chi connectivity index (χ0v) is 11.8. The molecule has 1 N–H and O–H groups in total. The van der Waals surface area contributed by atoms with Gasteiger partial charge in [-0.15, -0.1) is 0 Å². The van der Waals surface area contributed by atoms with Gasteiger partial charge in [-0.05, 0) is 31.8 Å². The molecule has 1 aromatic heterocycles. The number of hydrogen-bond donors (Lipinski definition) is 1. The molecule has 5 nitrogen and oxygen atoms in total. The average molecular weight is 263 g/mol. The van der Waals surface area contributed by atoms with Crippen molar-refractivity contribution in [3.8, 4) is 0 Å². The lowest BCUT2D eigenvalue weighted by Gasteiger charge is -2.32. The predicted molar refractivity (Wildman–Crippen MR) is 73.5 cm³/mol. The van der Waals surface area contributed by atoms with Crippen LogP contribution in [0.15, 0.2) is 33.7 Å². The van der Waals surface area contributed by atoms with Gasteiger partial charge in [0.1, 0.15) is 5.54 Å². The Morgan fingerprint density at radius 2 is 2.37 bits per heavy atom. The quantitative estimate of drug-likeness (QED) is 0.800. The monoisotopic (exact) mass is 263 g/mol. The minimum absolute atomic E-state index is 0.268. The van der Waals surface area contributed by atoms with Crippen molar-refractivity contribution in [3.05, 3.63) is 40.8 Å². The van der Waals surface area contributed by atoms with E-state index in [0.29, 0.717) is 11.7 Å². The molecule has 0 spiro atoms. The van der Waals surface area contributed by atoms with Crippen LogP contribution in [-0.2, 0) is 5.54 Å². The highest BCUT2D eigenvalue weighted by Crippen LogP contribution is 2.56. The van der Waals surface area contributed by atoms with Crippen LogP contribution in [0.25, 0.3) is 0 Å². The third kappa shape index (κ3) is 2.25. The van der Waals surface area contributed by atoms with Gasteiger partial charge >= 0.3 is 5.76 Å². The van der Waals surface area contributed by atoms with Gasteiger partial charge in [0.2, 0.25) is 0 Å². The fraction of sp³-hybridized carbons (Fsp3) is 0.571. The Bertz CT molecular complexity index is 543. The predicted octanol–water partition coefficient (Wildman–Crippen LogP) is 2.40. The fourth-order valence-electron chi connectivity index (χ4n) is 2.74. The molecule has 1 aliphatic rings. The molecule has 1 saturated carbocycles. The first kappa shape index (κ1) is 13.6. The van der Waals surface area contributed by atoms with E-state index in [1.54, 1.807) is 0 Å². The second-order valence-electron chi connectivity index (χ2n) is 5.02. The topological polar surface area (TPSA) is 62.1 Å². The SMILES string of the molecule is C=C(/C=C\CC)N(CC)[C@@]1(c2noc(=O)[nH]2)C[C@@H]1C. The van der Waals surface area contributed by atoms with Gasteiger partial charge in [-0.2, -0.15) is 0 Å². The summed E-state index contributed by atoms with van der Waals surface area (Å²) >= 11 is 0. The number of likely N-dealkylation sites (N-methyl/N-ethyl adjacent to an activating group) is 1. The summed E-state index contributed by atoms with van der Waals surface area (Å²) in [6.45, 7) is 11.2. The van der Waals surface area contributed by atoms with Crippen molar-refractivity contribution in [1.29, 1.82) is 0 Å². The number of nitrogens with zero attached hydrogens (tertiary/aromatic N) is 2. The van der Waals surface area contributed by atoms with E-state index in [-0.39, 0.29) is 5.54 Å². The van der Waals surface area contributed by atoms with Crippen LogP contribution in [0.2, 0.25) is 0 Å².